The third kappa shape index (κ3) is 4.42. The number of anilines is 1. The van der Waals surface area contributed by atoms with Gasteiger partial charge in [-0.25, -0.2) is 4.39 Å². The van der Waals surface area contributed by atoms with E-state index >= 15 is 0 Å². The zero-order valence-electron chi connectivity index (χ0n) is 16.7. The molecule has 0 unspecified atom stereocenters. The van der Waals surface area contributed by atoms with Crippen molar-refractivity contribution in [3.8, 4) is 11.1 Å². The molecule has 3 aromatic rings. The van der Waals surface area contributed by atoms with Gasteiger partial charge in [-0.05, 0) is 43.2 Å². The number of nitrogens with one attached hydrogen (secondary N) is 1. The maximum absolute atomic E-state index is 13.0. The van der Waals surface area contributed by atoms with Crippen LogP contribution in [0.4, 0.5) is 10.1 Å². The number of nitrogens with zero attached hydrogens (tertiary/aromatic N) is 3. The molecule has 0 saturated heterocycles. The molecule has 152 valence electrons. The Hall–Kier alpha value is -2.89. The Morgan fingerprint density at radius 2 is 1.86 bits per heavy atom. The molecule has 29 heavy (non-hydrogen) atoms. The van der Waals surface area contributed by atoms with Crippen molar-refractivity contribution in [2.24, 2.45) is 7.05 Å². The highest BCUT2D eigenvalue weighted by atomic mass is 19.1. The fourth-order valence-electron chi connectivity index (χ4n) is 4.24. The maximum atomic E-state index is 13.0. The van der Waals surface area contributed by atoms with Gasteiger partial charge in [-0.3, -0.25) is 9.48 Å². The lowest BCUT2D eigenvalue weighted by Crippen LogP contribution is -2.31. The van der Waals surface area contributed by atoms with Crippen LogP contribution >= 0.6 is 0 Å². The van der Waals surface area contributed by atoms with E-state index in [9.17, 15) is 9.18 Å². The number of hydrogen-bond acceptors (Lipinski definition) is 3. The van der Waals surface area contributed by atoms with Crippen molar-refractivity contribution < 1.29 is 4.39 Å². The second-order valence-electron chi connectivity index (χ2n) is 7.84. The summed E-state index contributed by atoms with van der Waals surface area (Å²) in [5.41, 5.74) is 3.56. The van der Waals surface area contributed by atoms with Crippen molar-refractivity contribution in [3.05, 3.63) is 70.9 Å². The summed E-state index contributed by atoms with van der Waals surface area (Å²) in [4.78, 5) is 12.8. The Kier molecular flexibility index (Phi) is 5.79. The molecule has 2 heterocycles. The SMILES string of the molecule is Cn1cc(-c2cc(NC3CCC(c4ccccc4)CC3)c(=O)n(CCF)c2)cn1. The minimum Gasteiger partial charge on any atom is -0.378 e. The summed E-state index contributed by atoms with van der Waals surface area (Å²) >= 11 is 0. The summed E-state index contributed by atoms with van der Waals surface area (Å²) in [6.45, 7) is -0.514. The fourth-order valence-corrected chi connectivity index (χ4v) is 4.24. The van der Waals surface area contributed by atoms with Crippen LogP contribution in [-0.4, -0.2) is 27.1 Å². The summed E-state index contributed by atoms with van der Waals surface area (Å²) in [6, 6.07) is 12.8. The van der Waals surface area contributed by atoms with E-state index < -0.39 is 6.67 Å². The van der Waals surface area contributed by atoms with Crippen LogP contribution in [0.15, 0.2) is 59.8 Å². The summed E-state index contributed by atoms with van der Waals surface area (Å²) < 4.78 is 16.2. The smallest absolute Gasteiger partial charge is 0.274 e. The minimum absolute atomic E-state index is 0.0579. The molecular formula is C23H27FN4O. The molecule has 1 aliphatic rings. The van der Waals surface area contributed by atoms with Crippen LogP contribution in [0.5, 0.6) is 0 Å². The van der Waals surface area contributed by atoms with E-state index in [1.54, 1.807) is 17.1 Å². The van der Waals surface area contributed by atoms with Crippen LogP contribution in [0.3, 0.4) is 0 Å². The topological polar surface area (TPSA) is 51.9 Å². The summed E-state index contributed by atoms with van der Waals surface area (Å²) in [7, 11) is 1.85. The zero-order chi connectivity index (χ0) is 20.2. The molecule has 1 aromatic carbocycles. The Morgan fingerprint density at radius 1 is 1.10 bits per heavy atom. The van der Waals surface area contributed by atoms with Crippen LogP contribution in [0.2, 0.25) is 0 Å². The van der Waals surface area contributed by atoms with Gasteiger partial charge in [0.25, 0.3) is 5.56 Å². The Bertz CT molecular complexity index is 1000. The summed E-state index contributed by atoms with van der Waals surface area (Å²) in [6.07, 6.45) is 9.60. The average Bonchev–Trinajstić information content (AvgIpc) is 3.18. The minimum atomic E-state index is -0.571. The molecule has 6 heteroatoms. The third-order valence-corrected chi connectivity index (χ3v) is 5.81. The number of halogens is 1. The lowest BCUT2D eigenvalue weighted by Gasteiger charge is -2.30. The lowest BCUT2D eigenvalue weighted by molar-refractivity contribution is 0.411. The van der Waals surface area contributed by atoms with Gasteiger partial charge in [0, 0.05) is 36.6 Å². The molecule has 1 aliphatic carbocycles. The lowest BCUT2D eigenvalue weighted by atomic mass is 9.82. The van der Waals surface area contributed by atoms with Gasteiger partial charge in [0.1, 0.15) is 12.4 Å². The number of alkyl halides is 1. The van der Waals surface area contributed by atoms with E-state index in [2.05, 4.69) is 34.7 Å². The second-order valence-corrected chi connectivity index (χ2v) is 7.84. The Labute approximate surface area is 170 Å². The first kappa shape index (κ1) is 19.4. The molecule has 1 N–H and O–H groups in total. The van der Waals surface area contributed by atoms with E-state index in [1.807, 2.05) is 25.4 Å². The van der Waals surface area contributed by atoms with Crippen LogP contribution < -0.4 is 10.9 Å². The van der Waals surface area contributed by atoms with Gasteiger partial charge >= 0.3 is 0 Å². The van der Waals surface area contributed by atoms with Crippen LogP contribution in [0.25, 0.3) is 11.1 Å². The quantitative estimate of drug-likeness (QED) is 0.676. The van der Waals surface area contributed by atoms with E-state index in [4.69, 9.17) is 0 Å². The highest BCUT2D eigenvalue weighted by Gasteiger charge is 2.23. The molecule has 0 radical (unpaired) electrons. The molecule has 0 atom stereocenters. The van der Waals surface area contributed by atoms with Gasteiger partial charge < -0.3 is 9.88 Å². The number of hydrogen-bond donors (Lipinski definition) is 1. The number of rotatable bonds is 6. The molecule has 2 aromatic heterocycles. The first-order valence-electron chi connectivity index (χ1n) is 10.2. The van der Waals surface area contributed by atoms with E-state index in [0.717, 1.165) is 36.8 Å². The highest BCUT2D eigenvalue weighted by Crippen LogP contribution is 2.34. The van der Waals surface area contributed by atoms with Crippen LogP contribution in [0, 0.1) is 0 Å². The highest BCUT2D eigenvalue weighted by molar-refractivity contribution is 5.65. The van der Waals surface area contributed by atoms with Crippen molar-refractivity contribution >= 4 is 5.69 Å². The third-order valence-electron chi connectivity index (χ3n) is 5.81. The molecule has 5 nitrogen and oxygen atoms in total. The number of aryl methyl sites for hydroxylation is 2. The largest absolute Gasteiger partial charge is 0.378 e. The van der Waals surface area contributed by atoms with Crippen LogP contribution in [0.1, 0.15) is 37.2 Å². The molecule has 1 saturated carbocycles. The predicted molar refractivity (Wildman–Crippen MR) is 114 cm³/mol. The van der Waals surface area contributed by atoms with Gasteiger partial charge in [0.05, 0.1) is 12.7 Å². The summed E-state index contributed by atoms with van der Waals surface area (Å²) in [5.74, 6) is 0.583. The van der Waals surface area contributed by atoms with Crippen molar-refractivity contribution in [2.45, 2.75) is 44.2 Å². The van der Waals surface area contributed by atoms with Crippen molar-refractivity contribution in [1.29, 1.82) is 0 Å². The monoisotopic (exact) mass is 394 g/mol. The average molecular weight is 394 g/mol. The molecule has 0 spiro atoms. The van der Waals surface area contributed by atoms with Crippen molar-refractivity contribution in [1.82, 2.24) is 14.3 Å². The molecular weight excluding hydrogens is 367 g/mol. The summed E-state index contributed by atoms with van der Waals surface area (Å²) in [5, 5.41) is 7.66. The maximum Gasteiger partial charge on any atom is 0.274 e. The second kappa shape index (κ2) is 8.64. The normalized spacial score (nSPS) is 19.2. The van der Waals surface area contributed by atoms with Gasteiger partial charge in [0.15, 0.2) is 0 Å². The van der Waals surface area contributed by atoms with Crippen molar-refractivity contribution in [3.63, 3.8) is 0 Å². The van der Waals surface area contributed by atoms with E-state index in [1.165, 1.54) is 10.1 Å². The Morgan fingerprint density at radius 3 is 2.52 bits per heavy atom. The molecule has 0 bridgehead atoms. The Balaban J connectivity index is 1.52. The standard InChI is InChI=1S/C23H27FN4O/c1-27-15-20(14-25-27)19-13-22(23(29)28(16-19)12-11-24)26-21-9-7-18(8-10-21)17-5-3-2-4-6-17/h2-6,13-16,18,21,26H,7-12H2,1H3. The number of benzene rings is 1. The van der Waals surface area contributed by atoms with Gasteiger partial charge in [0.2, 0.25) is 0 Å². The predicted octanol–water partition coefficient (Wildman–Crippen LogP) is 4.36. The molecule has 0 amide bonds. The number of aromatic nitrogens is 3. The first-order valence-corrected chi connectivity index (χ1v) is 10.2. The number of pyridine rings is 1. The first-order chi connectivity index (χ1) is 14.1. The van der Waals surface area contributed by atoms with E-state index in [0.29, 0.717) is 11.6 Å². The fraction of sp³-hybridized carbons (Fsp3) is 0.391. The molecule has 4 rings (SSSR count). The van der Waals surface area contributed by atoms with E-state index in [-0.39, 0.29) is 18.1 Å². The van der Waals surface area contributed by atoms with Gasteiger partial charge in [-0.2, -0.15) is 5.10 Å². The van der Waals surface area contributed by atoms with Gasteiger partial charge in [-0.15, -0.1) is 0 Å². The van der Waals surface area contributed by atoms with Gasteiger partial charge in [-0.1, -0.05) is 30.3 Å². The zero-order valence-corrected chi connectivity index (χ0v) is 16.7. The van der Waals surface area contributed by atoms with Crippen molar-refractivity contribution in [2.75, 3.05) is 12.0 Å². The molecule has 1 fully saturated rings. The molecule has 0 aliphatic heterocycles. The van der Waals surface area contributed by atoms with Crippen LogP contribution in [-0.2, 0) is 13.6 Å².